The minimum atomic E-state index is -0.795. The number of carbonyl (C=O) groups excluding carboxylic acids is 1. The summed E-state index contributed by atoms with van der Waals surface area (Å²) < 4.78 is 0. The van der Waals surface area contributed by atoms with Gasteiger partial charge in [-0.05, 0) is 45.6 Å². The van der Waals surface area contributed by atoms with E-state index in [9.17, 15) is 9.59 Å². The number of amides is 2. The van der Waals surface area contributed by atoms with Crippen molar-refractivity contribution in [2.75, 3.05) is 32.7 Å². The third-order valence-electron chi connectivity index (χ3n) is 4.65. The van der Waals surface area contributed by atoms with E-state index in [2.05, 4.69) is 24.1 Å². The van der Waals surface area contributed by atoms with Crippen LogP contribution in [0.2, 0.25) is 0 Å². The molecule has 0 spiro atoms. The molecule has 6 nitrogen and oxygen atoms in total. The van der Waals surface area contributed by atoms with Gasteiger partial charge >= 0.3 is 12.0 Å². The fourth-order valence-electron chi connectivity index (χ4n) is 3.20. The molecular formula is C15H27N3O3. The van der Waals surface area contributed by atoms with Gasteiger partial charge < -0.3 is 20.2 Å². The number of carbonyl (C=O) groups is 2. The average molecular weight is 297 g/mol. The third-order valence-corrected chi connectivity index (χ3v) is 4.65. The lowest BCUT2D eigenvalue weighted by Crippen LogP contribution is -2.48. The van der Waals surface area contributed by atoms with Gasteiger partial charge in [0.15, 0.2) is 0 Å². The van der Waals surface area contributed by atoms with Crippen LogP contribution >= 0.6 is 0 Å². The van der Waals surface area contributed by atoms with Crippen LogP contribution in [0.25, 0.3) is 0 Å². The first-order chi connectivity index (χ1) is 9.97. The number of nitrogens with zero attached hydrogens (tertiary/aromatic N) is 2. The molecule has 2 aliphatic rings. The highest BCUT2D eigenvalue weighted by atomic mass is 16.4. The van der Waals surface area contributed by atoms with Crippen LogP contribution in [-0.2, 0) is 4.79 Å². The molecule has 2 amide bonds. The second-order valence-electron chi connectivity index (χ2n) is 6.55. The molecule has 0 radical (unpaired) electrons. The zero-order chi connectivity index (χ0) is 15.4. The Bertz CT molecular complexity index is 386. The molecule has 2 N–H and O–H groups in total. The summed E-state index contributed by atoms with van der Waals surface area (Å²) in [5, 5.41) is 12.0. The Morgan fingerprint density at radius 3 is 2.62 bits per heavy atom. The second-order valence-corrected chi connectivity index (χ2v) is 6.55. The van der Waals surface area contributed by atoms with Gasteiger partial charge in [0.05, 0.1) is 5.92 Å². The molecule has 2 fully saturated rings. The molecule has 1 unspecified atom stereocenters. The van der Waals surface area contributed by atoms with E-state index >= 15 is 0 Å². The molecule has 0 aliphatic carbocycles. The number of piperidine rings is 1. The number of carboxylic acids is 1. The summed E-state index contributed by atoms with van der Waals surface area (Å²) >= 11 is 0. The maximum atomic E-state index is 12.1. The normalized spacial score (nSPS) is 27.1. The fourth-order valence-corrected chi connectivity index (χ4v) is 3.20. The van der Waals surface area contributed by atoms with E-state index < -0.39 is 11.9 Å². The van der Waals surface area contributed by atoms with E-state index in [1.807, 2.05) is 0 Å². The number of aliphatic carboxylic acids is 1. The molecule has 0 aromatic rings. The van der Waals surface area contributed by atoms with Gasteiger partial charge in [0.1, 0.15) is 0 Å². The van der Waals surface area contributed by atoms with Gasteiger partial charge in [-0.3, -0.25) is 4.79 Å². The lowest BCUT2D eigenvalue weighted by atomic mass is 9.99. The molecular weight excluding hydrogens is 270 g/mol. The van der Waals surface area contributed by atoms with Crippen LogP contribution in [0.4, 0.5) is 4.79 Å². The van der Waals surface area contributed by atoms with Gasteiger partial charge in [-0.15, -0.1) is 0 Å². The van der Waals surface area contributed by atoms with Crippen molar-refractivity contribution >= 4 is 12.0 Å². The van der Waals surface area contributed by atoms with Crippen LogP contribution in [0.5, 0.6) is 0 Å². The predicted octanol–water partition coefficient (Wildman–Crippen LogP) is 1.22. The topological polar surface area (TPSA) is 72.9 Å². The van der Waals surface area contributed by atoms with Crippen LogP contribution < -0.4 is 5.32 Å². The summed E-state index contributed by atoms with van der Waals surface area (Å²) in [5.74, 6) is -0.695. The molecule has 0 aromatic heterocycles. The Morgan fingerprint density at radius 2 is 2.00 bits per heavy atom. The van der Waals surface area contributed by atoms with E-state index in [1.54, 1.807) is 4.90 Å². The van der Waals surface area contributed by atoms with Crippen LogP contribution in [0, 0.1) is 11.8 Å². The average Bonchev–Trinajstić information content (AvgIpc) is 2.94. The van der Waals surface area contributed by atoms with Crippen LogP contribution in [-0.4, -0.2) is 65.7 Å². The molecule has 2 rings (SSSR count). The summed E-state index contributed by atoms with van der Waals surface area (Å²) in [4.78, 5) is 27.3. The number of hydrogen-bond donors (Lipinski definition) is 2. The summed E-state index contributed by atoms with van der Waals surface area (Å²) in [7, 11) is 0. The van der Waals surface area contributed by atoms with Crippen LogP contribution in [0.15, 0.2) is 0 Å². The number of rotatable bonds is 4. The van der Waals surface area contributed by atoms with Crippen LogP contribution in [0.1, 0.15) is 33.1 Å². The lowest BCUT2D eigenvalue weighted by Gasteiger charge is -2.31. The SMILES string of the molecule is CC(C)N1CCC(CNC(=O)N2CCC[C@@H](C(=O)O)C2)C1. The van der Waals surface area contributed by atoms with Crippen molar-refractivity contribution < 1.29 is 14.7 Å². The van der Waals surface area contributed by atoms with Gasteiger partial charge in [0.25, 0.3) is 0 Å². The first-order valence-corrected chi connectivity index (χ1v) is 7.97. The maximum absolute atomic E-state index is 12.1. The Kier molecular flexibility index (Phi) is 5.45. The highest BCUT2D eigenvalue weighted by Gasteiger charge is 2.29. The summed E-state index contributed by atoms with van der Waals surface area (Å²) in [6.07, 6.45) is 2.57. The number of nitrogens with one attached hydrogen (secondary N) is 1. The molecule has 120 valence electrons. The highest BCUT2D eigenvalue weighted by Crippen LogP contribution is 2.19. The van der Waals surface area contributed by atoms with Crippen molar-refractivity contribution in [1.82, 2.24) is 15.1 Å². The summed E-state index contributed by atoms with van der Waals surface area (Å²) in [5.41, 5.74) is 0. The smallest absolute Gasteiger partial charge is 0.317 e. The van der Waals surface area contributed by atoms with E-state index in [0.717, 1.165) is 25.9 Å². The number of hydrogen-bond acceptors (Lipinski definition) is 3. The van der Waals surface area contributed by atoms with Gasteiger partial charge in [-0.2, -0.15) is 0 Å². The fraction of sp³-hybridized carbons (Fsp3) is 0.867. The molecule has 0 bridgehead atoms. The van der Waals surface area contributed by atoms with Crippen molar-refractivity contribution in [2.24, 2.45) is 11.8 Å². The zero-order valence-corrected chi connectivity index (χ0v) is 13.0. The molecule has 0 saturated carbocycles. The molecule has 2 aliphatic heterocycles. The van der Waals surface area contributed by atoms with Gasteiger partial charge in [-0.25, -0.2) is 4.79 Å². The van der Waals surface area contributed by atoms with E-state index in [1.165, 1.54) is 0 Å². The standard InChI is InChI=1S/C15H27N3O3/c1-11(2)17-7-5-12(9-17)8-16-15(21)18-6-3-4-13(10-18)14(19)20/h11-13H,3-10H2,1-2H3,(H,16,21)(H,19,20)/t12?,13-/m1/s1. The highest BCUT2D eigenvalue weighted by molar-refractivity contribution is 5.76. The third kappa shape index (κ3) is 4.33. The second kappa shape index (κ2) is 7.11. The molecule has 2 heterocycles. The largest absolute Gasteiger partial charge is 0.481 e. The molecule has 6 heteroatoms. The molecule has 21 heavy (non-hydrogen) atoms. The predicted molar refractivity (Wildman–Crippen MR) is 80.1 cm³/mol. The van der Waals surface area contributed by atoms with Crippen LogP contribution in [0.3, 0.4) is 0 Å². The van der Waals surface area contributed by atoms with Crippen molar-refractivity contribution in [3.05, 3.63) is 0 Å². The number of urea groups is 1. The molecule has 0 aromatic carbocycles. The molecule has 2 atom stereocenters. The quantitative estimate of drug-likeness (QED) is 0.818. The van der Waals surface area contributed by atoms with Crippen molar-refractivity contribution in [3.63, 3.8) is 0 Å². The molecule has 2 saturated heterocycles. The van der Waals surface area contributed by atoms with Crippen molar-refractivity contribution in [3.8, 4) is 0 Å². The lowest BCUT2D eigenvalue weighted by molar-refractivity contribution is -0.143. The minimum Gasteiger partial charge on any atom is -0.481 e. The van der Waals surface area contributed by atoms with E-state index in [0.29, 0.717) is 38.0 Å². The maximum Gasteiger partial charge on any atom is 0.317 e. The number of carboxylic acid groups (broad SMARTS) is 1. The van der Waals surface area contributed by atoms with E-state index in [-0.39, 0.29) is 6.03 Å². The first-order valence-electron chi connectivity index (χ1n) is 7.97. The zero-order valence-electron chi connectivity index (χ0n) is 13.0. The van der Waals surface area contributed by atoms with Crippen molar-refractivity contribution in [2.45, 2.75) is 39.2 Å². The summed E-state index contributed by atoms with van der Waals surface area (Å²) in [6.45, 7) is 8.22. The van der Waals surface area contributed by atoms with Gasteiger partial charge in [-0.1, -0.05) is 0 Å². The Hall–Kier alpha value is -1.30. The Labute approximate surface area is 126 Å². The van der Waals surface area contributed by atoms with Gasteiger partial charge in [0, 0.05) is 32.2 Å². The Balaban J connectivity index is 1.73. The van der Waals surface area contributed by atoms with Gasteiger partial charge in [0.2, 0.25) is 0 Å². The Morgan fingerprint density at radius 1 is 1.24 bits per heavy atom. The monoisotopic (exact) mass is 297 g/mol. The number of likely N-dealkylation sites (tertiary alicyclic amines) is 2. The minimum absolute atomic E-state index is 0.107. The van der Waals surface area contributed by atoms with E-state index in [4.69, 9.17) is 5.11 Å². The summed E-state index contributed by atoms with van der Waals surface area (Å²) in [6, 6.07) is 0.452. The van der Waals surface area contributed by atoms with Crippen molar-refractivity contribution in [1.29, 1.82) is 0 Å². The first kappa shape index (κ1) is 16.1.